The molecule has 7 nitrogen and oxygen atoms in total. The zero-order chi connectivity index (χ0) is 15.0. The van der Waals surface area contributed by atoms with Crippen molar-refractivity contribution in [2.75, 3.05) is 7.05 Å². The topological polar surface area (TPSA) is 88.9 Å². The molecule has 0 aliphatic heterocycles. The van der Waals surface area contributed by atoms with E-state index in [0.717, 1.165) is 23.8 Å². The first-order valence-electron chi connectivity index (χ1n) is 7.24. The molecule has 3 amide bonds. The van der Waals surface area contributed by atoms with Gasteiger partial charge in [-0.3, -0.25) is 10.1 Å². The monoisotopic (exact) mass is 309 g/mol. The van der Waals surface area contributed by atoms with Gasteiger partial charge in [0.05, 0.1) is 5.25 Å². The van der Waals surface area contributed by atoms with E-state index in [1.54, 1.807) is 6.92 Å². The van der Waals surface area contributed by atoms with E-state index >= 15 is 0 Å². The molecule has 0 saturated heterocycles. The first-order chi connectivity index (χ1) is 10.1. The van der Waals surface area contributed by atoms with E-state index < -0.39 is 11.3 Å². The Kier molecular flexibility index (Phi) is 3.88. The fourth-order valence-electron chi connectivity index (χ4n) is 2.15. The summed E-state index contributed by atoms with van der Waals surface area (Å²) in [5, 5.41) is 13.6. The van der Waals surface area contributed by atoms with Crippen LogP contribution in [0.2, 0.25) is 0 Å². The summed E-state index contributed by atoms with van der Waals surface area (Å²) in [6, 6.07) is 0.00193. The third-order valence-electron chi connectivity index (χ3n) is 3.66. The van der Waals surface area contributed by atoms with Crippen LogP contribution in [0.1, 0.15) is 50.4 Å². The van der Waals surface area contributed by atoms with Gasteiger partial charge in [-0.1, -0.05) is 11.8 Å². The summed E-state index contributed by atoms with van der Waals surface area (Å²) >= 11 is 1.36. The first-order valence-corrected chi connectivity index (χ1v) is 8.12. The second kappa shape index (κ2) is 5.67. The quantitative estimate of drug-likeness (QED) is 0.803. The van der Waals surface area contributed by atoms with Gasteiger partial charge in [0, 0.05) is 19.0 Å². The molecule has 0 spiro atoms. The van der Waals surface area contributed by atoms with E-state index in [1.165, 1.54) is 31.7 Å². The van der Waals surface area contributed by atoms with Crippen molar-refractivity contribution in [2.45, 2.75) is 55.0 Å². The van der Waals surface area contributed by atoms with Gasteiger partial charge in [-0.05, 0) is 32.6 Å². The first kappa shape index (κ1) is 14.4. The van der Waals surface area contributed by atoms with E-state index in [9.17, 15) is 9.59 Å². The van der Waals surface area contributed by atoms with Gasteiger partial charge in [-0.25, -0.2) is 4.79 Å². The molecular weight excluding hydrogens is 290 g/mol. The van der Waals surface area contributed by atoms with Crippen molar-refractivity contribution in [3.63, 3.8) is 0 Å². The van der Waals surface area contributed by atoms with E-state index in [-0.39, 0.29) is 5.91 Å². The van der Waals surface area contributed by atoms with Crippen LogP contribution < -0.4 is 10.6 Å². The SMILES string of the molecule is CNC(=O)NC(=O)C(C)Sc1nnc(C2CC2)n1C1CC1. The van der Waals surface area contributed by atoms with Crippen LogP contribution in [0, 0.1) is 0 Å². The van der Waals surface area contributed by atoms with Crippen molar-refractivity contribution in [3.8, 4) is 0 Å². The van der Waals surface area contributed by atoms with E-state index in [2.05, 4.69) is 25.4 Å². The molecule has 2 aliphatic carbocycles. The van der Waals surface area contributed by atoms with Gasteiger partial charge in [0.1, 0.15) is 5.82 Å². The van der Waals surface area contributed by atoms with E-state index in [4.69, 9.17) is 0 Å². The molecule has 21 heavy (non-hydrogen) atoms. The summed E-state index contributed by atoms with van der Waals surface area (Å²) in [6.07, 6.45) is 4.68. The van der Waals surface area contributed by atoms with Crippen molar-refractivity contribution in [3.05, 3.63) is 5.82 Å². The molecular formula is C13H19N5O2S. The zero-order valence-electron chi connectivity index (χ0n) is 12.1. The van der Waals surface area contributed by atoms with E-state index in [0.29, 0.717) is 12.0 Å². The average molecular weight is 309 g/mol. The second-order valence-corrected chi connectivity index (χ2v) is 6.85. The molecule has 0 aromatic carbocycles. The number of hydrogen-bond donors (Lipinski definition) is 2. The predicted molar refractivity (Wildman–Crippen MR) is 78.2 cm³/mol. The summed E-state index contributed by atoms with van der Waals surface area (Å²) in [4.78, 5) is 23.1. The predicted octanol–water partition coefficient (Wildman–Crippen LogP) is 1.43. The minimum Gasteiger partial charge on any atom is -0.341 e. The number of nitrogens with zero attached hydrogens (tertiary/aromatic N) is 3. The number of rotatable bonds is 5. The molecule has 8 heteroatoms. The fourth-order valence-corrected chi connectivity index (χ4v) is 3.08. The van der Waals surface area contributed by atoms with E-state index in [1.807, 2.05) is 0 Å². The van der Waals surface area contributed by atoms with Crippen LogP contribution in [0.5, 0.6) is 0 Å². The molecule has 2 N–H and O–H groups in total. The molecule has 3 rings (SSSR count). The Morgan fingerprint density at radius 3 is 2.57 bits per heavy atom. The molecule has 0 bridgehead atoms. The molecule has 1 aromatic rings. The molecule has 1 aromatic heterocycles. The minimum atomic E-state index is -0.491. The molecule has 2 saturated carbocycles. The number of hydrogen-bond acceptors (Lipinski definition) is 5. The van der Waals surface area contributed by atoms with Crippen LogP contribution in [-0.2, 0) is 4.79 Å². The molecule has 2 fully saturated rings. The lowest BCUT2D eigenvalue weighted by Crippen LogP contribution is -2.41. The molecule has 1 unspecified atom stereocenters. The normalized spacial score (nSPS) is 19.1. The van der Waals surface area contributed by atoms with Gasteiger partial charge in [0.2, 0.25) is 5.91 Å². The molecule has 0 radical (unpaired) electrons. The van der Waals surface area contributed by atoms with Gasteiger partial charge in [0.15, 0.2) is 5.16 Å². The number of carbonyl (C=O) groups is 2. The van der Waals surface area contributed by atoms with Crippen molar-refractivity contribution >= 4 is 23.7 Å². The number of nitrogens with one attached hydrogen (secondary N) is 2. The highest BCUT2D eigenvalue weighted by Gasteiger charge is 2.37. The number of imide groups is 1. The smallest absolute Gasteiger partial charge is 0.321 e. The Bertz CT molecular complexity index is 565. The second-order valence-electron chi connectivity index (χ2n) is 5.54. The van der Waals surface area contributed by atoms with Crippen molar-refractivity contribution in [1.82, 2.24) is 25.4 Å². The highest BCUT2D eigenvalue weighted by Crippen LogP contribution is 2.46. The molecule has 1 atom stereocenters. The van der Waals surface area contributed by atoms with Crippen LogP contribution in [0.4, 0.5) is 4.79 Å². The average Bonchev–Trinajstić information content (AvgIpc) is 3.37. The van der Waals surface area contributed by atoms with Gasteiger partial charge >= 0.3 is 6.03 Å². The maximum atomic E-state index is 11.9. The fraction of sp³-hybridized carbons (Fsp3) is 0.692. The lowest BCUT2D eigenvalue weighted by Gasteiger charge is -2.12. The van der Waals surface area contributed by atoms with Gasteiger partial charge in [-0.2, -0.15) is 0 Å². The van der Waals surface area contributed by atoms with Crippen LogP contribution in [-0.4, -0.2) is 39.0 Å². The lowest BCUT2D eigenvalue weighted by atomic mass is 10.4. The van der Waals surface area contributed by atoms with Gasteiger partial charge < -0.3 is 9.88 Å². The summed E-state index contributed by atoms with van der Waals surface area (Å²) in [6.45, 7) is 1.77. The van der Waals surface area contributed by atoms with Crippen molar-refractivity contribution < 1.29 is 9.59 Å². The lowest BCUT2D eigenvalue weighted by molar-refractivity contribution is -0.119. The Morgan fingerprint density at radius 2 is 2.00 bits per heavy atom. The maximum absolute atomic E-state index is 11.9. The summed E-state index contributed by atoms with van der Waals surface area (Å²) in [5.41, 5.74) is 0. The van der Waals surface area contributed by atoms with Crippen LogP contribution in [0.25, 0.3) is 0 Å². The Hall–Kier alpha value is -1.57. The zero-order valence-corrected chi connectivity index (χ0v) is 12.9. The third-order valence-corrected chi connectivity index (χ3v) is 4.72. The number of thioether (sulfide) groups is 1. The minimum absolute atomic E-state index is 0.322. The Labute approximate surface area is 127 Å². The highest BCUT2D eigenvalue weighted by molar-refractivity contribution is 8.00. The van der Waals surface area contributed by atoms with Crippen molar-refractivity contribution in [2.24, 2.45) is 0 Å². The third kappa shape index (κ3) is 3.20. The highest BCUT2D eigenvalue weighted by atomic mass is 32.2. The van der Waals surface area contributed by atoms with Crippen LogP contribution in [0.3, 0.4) is 0 Å². The van der Waals surface area contributed by atoms with Crippen LogP contribution in [0.15, 0.2) is 5.16 Å². The van der Waals surface area contributed by atoms with Gasteiger partial charge in [0.25, 0.3) is 0 Å². The maximum Gasteiger partial charge on any atom is 0.321 e. The van der Waals surface area contributed by atoms with Gasteiger partial charge in [-0.15, -0.1) is 10.2 Å². The largest absolute Gasteiger partial charge is 0.341 e. The number of urea groups is 1. The summed E-state index contributed by atoms with van der Waals surface area (Å²) in [7, 11) is 1.48. The van der Waals surface area contributed by atoms with Crippen molar-refractivity contribution in [1.29, 1.82) is 0 Å². The number of carbonyl (C=O) groups excluding carboxylic acids is 2. The number of amides is 3. The molecule has 114 valence electrons. The summed E-state index contributed by atoms with van der Waals surface area (Å²) in [5.74, 6) is 1.29. The Balaban J connectivity index is 1.69. The summed E-state index contributed by atoms with van der Waals surface area (Å²) < 4.78 is 2.20. The standard InChI is InChI=1S/C13H19N5O2S/c1-7(11(19)15-12(20)14-2)21-13-17-16-10(8-3-4-8)18(13)9-5-6-9/h7-9H,3-6H2,1-2H3,(H2,14,15,19,20). The number of aromatic nitrogens is 3. The van der Waals surface area contributed by atoms with Crippen LogP contribution >= 0.6 is 11.8 Å². The Morgan fingerprint density at radius 1 is 1.29 bits per heavy atom. The molecule has 2 aliphatic rings. The molecule has 1 heterocycles.